The highest BCUT2D eigenvalue weighted by atomic mass is 32.1. The molecule has 0 bridgehead atoms. The SMILES string of the molecule is CCCc1c(C(=O)N=c2sccn2C)[nH]c(C)c1C(=O)OC. The van der Waals surface area contributed by atoms with Crippen molar-refractivity contribution in [1.82, 2.24) is 9.55 Å². The molecule has 7 heteroatoms. The van der Waals surface area contributed by atoms with Crippen molar-refractivity contribution in [3.63, 3.8) is 0 Å². The van der Waals surface area contributed by atoms with Crippen molar-refractivity contribution >= 4 is 23.2 Å². The number of carbonyl (C=O) groups excluding carboxylic acids is 2. The monoisotopic (exact) mass is 321 g/mol. The maximum absolute atomic E-state index is 12.5. The predicted molar refractivity (Wildman–Crippen MR) is 84.0 cm³/mol. The van der Waals surface area contributed by atoms with Crippen LogP contribution in [0.2, 0.25) is 0 Å². The average molecular weight is 321 g/mol. The number of amides is 1. The van der Waals surface area contributed by atoms with Crippen LogP contribution in [0.1, 0.15) is 45.4 Å². The lowest BCUT2D eigenvalue weighted by atomic mass is 10.0. The van der Waals surface area contributed by atoms with Gasteiger partial charge in [0.1, 0.15) is 5.69 Å². The normalized spacial score (nSPS) is 11.7. The molecule has 0 aliphatic carbocycles. The molecule has 2 aromatic rings. The summed E-state index contributed by atoms with van der Waals surface area (Å²) in [6, 6.07) is 0. The van der Waals surface area contributed by atoms with Crippen LogP contribution in [0, 0.1) is 6.92 Å². The molecule has 0 spiro atoms. The van der Waals surface area contributed by atoms with Gasteiger partial charge < -0.3 is 14.3 Å². The number of ether oxygens (including phenoxy) is 1. The minimum atomic E-state index is -0.432. The van der Waals surface area contributed by atoms with Crippen LogP contribution in [0.5, 0.6) is 0 Å². The van der Waals surface area contributed by atoms with E-state index in [0.29, 0.717) is 33.7 Å². The van der Waals surface area contributed by atoms with E-state index in [-0.39, 0.29) is 5.91 Å². The standard InChI is InChI=1S/C15H19N3O3S/c1-5-6-10-11(14(20)21-4)9(2)16-12(10)13(19)17-15-18(3)7-8-22-15/h7-8,16H,5-6H2,1-4H3. The molecule has 0 atom stereocenters. The molecule has 22 heavy (non-hydrogen) atoms. The summed E-state index contributed by atoms with van der Waals surface area (Å²) in [6.45, 7) is 3.75. The van der Waals surface area contributed by atoms with E-state index in [1.807, 2.05) is 25.5 Å². The second kappa shape index (κ2) is 6.74. The van der Waals surface area contributed by atoms with Gasteiger partial charge in [0.05, 0.1) is 12.7 Å². The van der Waals surface area contributed by atoms with Crippen molar-refractivity contribution in [3.05, 3.63) is 38.9 Å². The Kier molecular flexibility index (Phi) is 4.97. The average Bonchev–Trinajstić information content (AvgIpc) is 3.03. The van der Waals surface area contributed by atoms with Crippen LogP contribution in [-0.2, 0) is 18.2 Å². The minimum absolute atomic E-state index is 0.369. The van der Waals surface area contributed by atoms with Crippen LogP contribution in [0.3, 0.4) is 0 Å². The molecule has 0 saturated heterocycles. The molecule has 0 aliphatic rings. The number of nitrogens with one attached hydrogen (secondary N) is 1. The number of methoxy groups -OCH3 is 1. The predicted octanol–water partition coefficient (Wildman–Crippen LogP) is 2.20. The minimum Gasteiger partial charge on any atom is -0.465 e. The van der Waals surface area contributed by atoms with E-state index in [1.165, 1.54) is 18.4 Å². The molecule has 118 valence electrons. The van der Waals surface area contributed by atoms with E-state index in [4.69, 9.17) is 4.74 Å². The number of hydrogen-bond donors (Lipinski definition) is 1. The van der Waals surface area contributed by atoms with Crippen LogP contribution in [-0.4, -0.2) is 28.5 Å². The summed E-state index contributed by atoms with van der Waals surface area (Å²) in [5.41, 5.74) is 2.12. The second-order valence-corrected chi connectivity index (χ2v) is 5.81. The molecule has 1 N–H and O–H groups in total. The summed E-state index contributed by atoms with van der Waals surface area (Å²) < 4.78 is 6.60. The first kappa shape index (κ1) is 16.2. The fourth-order valence-corrected chi connectivity index (χ4v) is 3.04. The summed E-state index contributed by atoms with van der Waals surface area (Å²) in [6.07, 6.45) is 3.26. The van der Waals surface area contributed by atoms with Crippen molar-refractivity contribution in [2.24, 2.45) is 12.0 Å². The lowest BCUT2D eigenvalue weighted by molar-refractivity contribution is 0.0599. The Balaban J connectivity index is 2.54. The Bertz CT molecular complexity index is 767. The number of aryl methyl sites for hydroxylation is 2. The van der Waals surface area contributed by atoms with E-state index in [0.717, 1.165) is 6.42 Å². The molecule has 2 rings (SSSR count). The lowest BCUT2D eigenvalue weighted by Crippen LogP contribution is -2.14. The molecular weight excluding hydrogens is 302 g/mol. The van der Waals surface area contributed by atoms with Crippen LogP contribution >= 0.6 is 11.3 Å². The van der Waals surface area contributed by atoms with Crippen molar-refractivity contribution in [1.29, 1.82) is 0 Å². The van der Waals surface area contributed by atoms with Gasteiger partial charge in [-0.1, -0.05) is 13.3 Å². The summed E-state index contributed by atoms with van der Waals surface area (Å²) in [5.74, 6) is -0.808. The first-order valence-corrected chi connectivity index (χ1v) is 7.86. The van der Waals surface area contributed by atoms with E-state index in [2.05, 4.69) is 9.98 Å². The Labute approximate surface area is 132 Å². The highest BCUT2D eigenvalue weighted by Crippen LogP contribution is 2.22. The molecule has 0 aromatic carbocycles. The van der Waals surface area contributed by atoms with Crippen molar-refractivity contribution in [2.75, 3.05) is 7.11 Å². The van der Waals surface area contributed by atoms with Crippen LogP contribution in [0.25, 0.3) is 0 Å². The zero-order valence-electron chi connectivity index (χ0n) is 13.1. The maximum atomic E-state index is 12.5. The van der Waals surface area contributed by atoms with Crippen molar-refractivity contribution in [3.8, 4) is 0 Å². The van der Waals surface area contributed by atoms with Gasteiger partial charge in [0, 0.05) is 24.3 Å². The number of esters is 1. The quantitative estimate of drug-likeness (QED) is 0.877. The van der Waals surface area contributed by atoms with E-state index in [1.54, 1.807) is 11.5 Å². The highest BCUT2D eigenvalue weighted by Gasteiger charge is 2.24. The number of hydrogen-bond acceptors (Lipinski definition) is 4. The van der Waals surface area contributed by atoms with Gasteiger partial charge >= 0.3 is 5.97 Å². The summed E-state index contributed by atoms with van der Waals surface area (Å²) in [4.78, 5) is 32.2. The fraction of sp³-hybridized carbons (Fsp3) is 0.400. The zero-order valence-corrected chi connectivity index (χ0v) is 13.9. The first-order valence-electron chi connectivity index (χ1n) is 6.98. The van der Waals surface area contributed by atoms with E-state index in [9.17, 15) is 9.59 Å². The van der Waals surface area contributed by atoms with Gasteiger partial charge in [-0.25, -0.2) is 4.79 Å². The molecule has 2 heterocycles. The fourth-order valence-electron chi connectivity index (χ4n) is 2.32. The van der Waals surface area contributed by atoms with Gasteiger partial charge in [0.2, 0.25) is 0 Å². The summed E-state index contributed by atoms with van der Waals surface area (Å²) in [5, 5.41) is 1.86. The first-order chi connectivity index (χ1) is 10.5. The second-order valence-electron chi connectivity index (χ2n) is 4.93. The maximum Gasteiger partial charge on any atom is 0.339 e. The van der Waals surface area contributed by atoms with Crippen molar-refractivity contribution in [2.45, 2.75) is 26.7 Å². The Hall–Kier alpha value is -2.15. The Morgan fingerprint density at radius 3 is 2.73 bits per heavy atom. The molecule has 0 unspecified atom stereocenters. The summed E-state index contributed by atoms with van der Waals surface area (Å²) in [7, 11) is 3.16. The number of H-pyrrole nitrogens is 1. The number of rotatable bonds is 4. The topological polar surface area (TPSA) is 76.5 Å². The number of thiazole rings is 1. The summed E-state index contributed by atoms with van der Waals surface area (Å²) >= 11 is 1.38. The number of carbonyl (C=O) groups is 2. The highest BCUT2D eigenvalue weighted by molar-refractivity contribution is 7.07. The van der Waals surface area contributed by atoms with Crippen LogP contribution in [0.4, 0.5) is 0 Å². The van der Waals surface area contributed by atoms with Gasteiger partial charge in [-0.3, -0.25) is 4.79 Å². The molecular formula is C15H19N3O3S. The van der Waals surface area contributed by atoms with E-state index < -0.39 is 5.97 Å². The number of nitrogens with zero attached hydrogens (tertiary/aromatic N) is 2. The third-order valence-electron chi connectivity index (χ3n) is 3.35. The van der Waals surface area contributed by atoms with Crippen LogP contribution < -0.4 is 4.80 Å². The lowest BCUT2D eigenvalue weighted by Gasteiger charge is -2.03. The molecule has 6 nitrogen and oxygen atoms in total. The number of aromatic amines is 1. The molecule has 1 amide bonds. The zero-order chi connectivity index (χ0) is 16.3. The third kappa shape index (κ3) is 3.04. The molecule has 0 aliphatic heterocycles. The van der Waals surface area contributed by atoms with Gasteiger partial charge in [0.25, 0.3) is 5.91 Å². The van der Waals surface area contributed by atoms with Gasteiger partial charge in [0.15, 0.2) is 4.80 Å². The molecule has 2 aromatic heterocycles. The third-order valence-corrected chi connectivity index (χ3v) is 4.20. The molecule has 0 saturated carbocycles. The smallest absolute Gasteiger partial charge is 0.339 e. The molecule has 0 radical (unpaired) electrons. The molecule has 0 fully saturated rings. The van der Waals surface area contributed by atoms with E-state index >= 15 is 0 Å². The van der Waals surface area contributed by atoms with Gasteiger partial charge in [-0.2, -0.15) is 4.99 Å². The van der Waals surface area contributed by atoms with Crippen molar-refractivity contribution < 1.29 is 14.3 Å². The van der Waals surface area contributed by atoms with Gasteiger partial charge in [-0.15, -0.1) is 11.3 Å². The largest absolute Gasteiger partial charge is 0.465 e. The Morgan fingerprint density at radius 1 is 1.45 bits per heavy atom. The van der Waals surface area contributed by atoms with Crippen LogP contribution in [0.15, 0.2) is 16.6 Å². The Morgan fingerprint density at radius 2 is 2.18 bits per heavy atom. The number of aromatic nitrogens is 2. The van der Waals surface area contributed by atoms with Gasteiger partial charge in [-0.05, 0) is 18.9 Å².